The summed E-state index contributed by atoms with van der Waals surface area (Å²) in [5.74, 6) is -1.92. The highest BCUT2D eigenvalue weighted by Crippen LogP contribution is 2.17. The third kappa shape index (κ3) is 3.53. The summed E-state index contributed by atoms with van der Waals surface area (Å²) in [6.45, 7) is 1.19. The van der Waals surface area contributed by atoms with Gasteiger partial charge in [-0.3, -0.25) is 19.7 Å². The fourth-order valence-electron chi connectivity index (χ4n) is 2.13. The van der Waals surface area contributed by atoms with E-state index in [1.54, 1.807) is 4.90 Å². The first-order chi connectivity index (χ1) is 9.99. The Kier molecular flexibility index (Phi) is 4.46. The van der Waals surface area contributed by atoms with E-state index in [-0.39, 0.29) is 18.0 Å². The highest BCUT2D eigenvalue weighted by molar-refractivity contribution is 5.96. The number of hydrogen-bond donors (Lipinski definition) is 1. The van der Waals surface area contributed by atoms with Crippen molar-refractivity contribution < 1.29 is 18.9 Å². The maximum atomic E-state index is 13.4. The Morgan fingerprint density at radius 2 is 2.00 bits per heavy atom. The first kappa shape index (κ1) is 14.9. The zero-order valence-electron chi connectivity index (χ0n) is 11.2. The number of nitrogens with one attached hydrogen (secondary N) is 1. The largest absolute Gasteiger partial charge is 0.343 e. The van der Waals surface area contributed by atoms with Gasteiger partial charge in [-0.15, -0.1) is 0 Å². The minimum Gasteiger partial charge on any atom is -0.343 e. The van der Waals surface area contributed by atoms with Gasteiger partial charge >= 0.3 is 5.69 Å². The minimum atomic E-state index is -1.08. The van der Waals surface area contributed by atoms with Crippen LogP contribution >= 0.6 is 0 Å². The number of nitro groups is 1. The zero-order valence-corrected chi connectivity index (χ0v) is 11.2. The van der Waals surface area contributed by atoms with Gasteiger partial charge in [-0.1, -0.05) is 0 Å². The Bertz CT molecular complexity index is 585. The normalized spacial score (nSPS) is 14.0. The van der Waals surface area contributed by atoms with E-state index in [0.717, 1.165) is 31.0 Å². The molecule has 1 aliphatic rings. The summed E-state index contributed by atoms with van der Waals surface area (Å²) in [5, 5.41) is 12.9. The van der Waals surface area contributed by atoms with Gasteiger partial charge in [-0.25, -0.2) is 0 Å². The van der Waals surface area contributed by atoms with E-state index in [4.69, 9.17) is 0 Å². The predicted molar refractivity (Wildman–Crippen MR) is 71.2 cm³/mol. The number of carbonyl (C=O) groups is 2. The molecule has 0 aromatic heterocycles. The van der Waals surface area contributed by atoms with Gasteiger partial charge in [0.05, 0.1) is 11.5 Å². The molecule has 0 spiro atoms. The second kappa shape index (κ2) is 6.29. The summed E-state index contributed by atoms with van der Waals surface area (Å²) < 4.78 is 13.4. The molecule has 1 aromatic carbocycles. The third-order valence-corrected chi connectivity index (χ3v) is 3.27. The van der Waals surface area contributed by atoms with Crippen molar-refractivity contribution in [1.29, 1.82) is 0 Å². The molecule has 1 aliphatic heterocycles. The molecule has 2 amide bonds. The van der Waals surface area contributed by atoms with Crippen LogP contribution in [0.25, 0.3) is 0 Å². The molecule has 1 heterocycles. The molecule has 1 saturated heterocycles. The number of benzene rings is 1. The van der Waals surface area contributed by atoms with Gasteiger partial charge in [0.15, 0.2) is 0 Å². The fourth-order valence-corrected chi connectivity index (χ4v) is 2.13. The first-order valence-electron chi connectivity index (χ1n) is 6.49. The summed E-state index contributed by atoms with van der Waals surface area (Å²) in [5.41, 5.74) is -0.757. The lowest BCUT2D eigenvalue weighted by molar-refractivity contribution is -0.387. The number of hydrogen-bond acceptors (Lipinski definition) is 4. The molecule has 0 bridgehead atoms. The predicted octanol–water partition coefficient (Wildman–Crippen LogP) is 1.09. The average molecular weight is 295 g/mol. The number of nitrogens with zero attached hydrogens (tertiary/aromatic N) is 2. The topological polar surface area (TPSA) is 92.6 Å². The van der Waals surface area contributed by atoms with Gasteiger partial charge in [0, 0.05) is 24.7 Å². The van der Waals surface area contributed by atoms with E-state index >= 15 is 0 Å². The maximum Gasteiger partial charge on any atom is 0.304 e. The molecule has 8 heteroatoms. The van der Waals surface area contributed by atoms with Crippen LogP contribution in [0.1, 0.15) is 23.2 Å². The van der Waals surface area contributed by atoms with Crippen LogP contribution in [0.5, 0.6) is 0 Å². The highest BCUT2D eigenvalue weighted by Gasteiger charge is 2.20. The van der Waals surface area contributed by atoms with Crippen LogP contribution < -0.4 is 5.32 Å². The lowest BCUT2D eigenvalue weighted by atomic mass is 10.2. The molecule has 1 fully saturated rings. The molecule has 1 aromatic rings. The lowest BCUT2D eigenvalue weighted by Crippen LogP contribution is -2.38. The van der Waals surface area contributed by atoms with Crippen molar-refractivity contribution >= 4 is 17.5 Å². The van der Waals surface area contributed by atoms with E-state index in [0.29, 0.717) is 13.1 Å². The zero-order chi connectivity index (χ0) is 15.4. The van der Waals surface area contributed by atoms with Crippen LogP contribution in [0.4, 0.5) is 10.1 Å². The summed E-state index contributed by atoms with van der Waals surface area (Å²) in [7, 11) is 0. The Hall–Kier alpha value is -2.51. The number of likely N-dealkylation sites (tertiary alicyclic amines) is 1. The quantitative estimate of drug-likeness (QED) is 0.664. The van der Waals surface area contributed by atoms with Crippen molar-refractivity contribution in [2.75, 3.05) is 19.6 Å². The second-order valence-corrected chi connectivity index (χ2v) is 4.69. The van der Waals surface area contributed by atoms with Crippen molar-refractivity contribution in [1.82, 2.24) is 10.2 Å². The number of rotatable bonds is 4. The van der Waals surface area contributed by atoms with E-state index in [1.165, 1.54) is 0 Å². The minimum absolute atomic E-state index is 0.0627. The molecular formula is C13H14FN3O4. The molecule has 2 rings (SSSR count). The number of nitro benzene ring substituents is 1. The maximum absolute atomic E-state index is 13.4. The molecule has 0 saturated carbocycles. The van der Waals surface area contributed by atoms with Gasteiger partial charge < -0.3 is 10.2 Å². The SMILES string of the molecule is O=C(NCC(=O)N1CCCC1)c1ccc([N+](=O)[O-])c(F)c1. The van der Waals surface area contributed by atoms with Crippen LogP contribution in [-0.2, 0) is 4.79 Å². The molecule has 112 valence electrons. The van der Waals surface area contributed by atoms with Crippen LogP contribution in [0.3, 0.4) is 0 Å². The third-order valence-electron chi connectivity index (χ3n) is 3.27. The van der Waals surface area contributed by atoms with Crippen molar-refractivity contribution in [2.24, 2.45) is 0 Å². The first-order valence-corrected chi connectivity index (χ1v) is 6.49. The van der Waals surface area contributed by atoms with Crippen LogP contribution in [-0.4, -0.2) is 41.3 Å². The standard InChI is InChI=1S/C13H14FN3O4/c14-10-7-9(3-4-11(10)17(20)21)13(19)15-8-12(18)16-5-1-2-6-16/h3-4,7H,1-2,5-6,8H2,(H,15,19). The van der Waals surface area contributed by atoms with Crippen LogP contribution in [0.15, 0.2) is 18.2 Å². The molecule has 0 radical (unpaired) electrons. The summed E-state index contributed by atoms with van der Waals surface area (Å²) in [6.07, 6.45) is 1.90. The summed E-state index contributed by atoms with van der Waals surface area (Å²) in [6, 6.07) is 2.86. The van der Waals surface area contributed by atoms with E-state index < -0.39 is 22.3 Å². The molecule has 21 heavy (non-hydrogen) atoms. The van der Waals surface area contributed by atoms with Crippen LogP contribution in [0, 0.1) is 15.9 Å². The van der Waals surface area contributed by atoms with E-state index in [9.17, 15) is 24.1 Å². The number of carbonyl (C=O) groups excluding carboxylic acids is 2. The van der Waals surface area contributed by atoms with Crippen molar-refractivity contribution in [3.63, 3.8) is 0 Å². The monoisotopic (exact) mass is 295 g/mol. The van der Waals surface area contributed by atoms with Gasteiger partial charge in [0.2, 0.25) is 11.7 Å². The molecule has 0 atom stereocenters. The lowest BCUT2D eigenvalue weighted by Gasteiger charge is -2.15. The van der Waals surface area contributed by atoms with Gasteiger partial charge in [0.1, 0.15) is 0 Å². The Balaban J connectivity index is 1.95. The molecule has 1 N–H and O–H groups in total. The molecule has 0 aliphatic carbocycles. The average Bonchev–Trinajstić information content (AvgIpc) is 2.98. The summed E-state index contributed by atoms with van der Waals surface area (Å²) in [4.78, 5) is 34.8. The Morgan fingerprint density at radius 3 is 2.57 bits per heavy atom. The summed E-state index contributed by atoms with van der Waals surface area (Å²) >= 11 is 0. The fraction of sp³-hybridized carbons (Fsp3) is 0.385. The van der Waals surface area contributed by atoms with Crippen molar-refractivity contribution in [2.45, 2.75) is 12.8 Å². The van der Waals surface area contributed by atoms with Crippen molar-refractivity contribution in [3.05, 3.63) is 39.7 Å². The van der Waals surface area contributed by atoms with Crippen molar-refractivity contribution in [3.8, 4) is 0 Å². The molecule has 7 nitrogen and oxygen atoms in total. The smallest absolute Gasteiger partial charge is 0.304 e. The number of amides is 2. The van der Waals surface area contributed by atoms with E-state index in [2.05, 4.69) is 5.32 Å². The molecule has 0 unspecified atom stereocenters. The van der Waals surface area contributed by atoms with Gasteiger partial charge in [0.25, 0.3) is 5.91 Å². The van der Waals surface area contributed by atoms with Crippen LogP contribution in [0.2, 0.25) is 0 Å². The van der Waals surface area contributed by atoms with E-state index in [1.807, 2.05) is 0 Å². The Labute approximate surface area is 119 Å². The number of halogens is 1. The second-order valence-electron chi connectivity index (χ2n) is 4.69. The Morgan fingerprint density at radius 1 is 1.33 bits per heavy atom. The van der Waals surface area contributed by atoms with Gasteiger partial charge in [-0.2, -0.15) is 4.39 Å². The highest BCUT2D eigenvalue weighted by atomic mass is 19.1. The molecular weight excluding hydrogens is 281 g/mol. The van der Waals surface area contributed by atoms with Gasteiger partial charge in [-0.05, 0) is 25.0 Å².